The van der Waals surface area contributed by atoms with Gasteiger partial charge in [0, 0.05) is 23.2 Å². The topological polar surface area (TPSA) is 61.8 Å². The minimum Gasteiger partial charge on any atom is -0.409 e. The van der Waals surface area contributed by atoms with Gasteiger partial charge in [-0.1, -0.05) is 24.6 Å². The van der Waals surface area contributed by atoms with Crippen molar-refractivity contribution in [3.63, 3.8) is 0 Å². The van der Waals surface area contributed by atoms with Gasteiger partial charge in [-0.05, 0) is 59.7 Å². The predicted molar refractivity (Wildman–Crippen MR) is 91.1 cm³/mol. The van der Waals surface area contributed by atoms with Gasteiger partial charge in [-0.3, -0.25) is 0 Å². The molecule has 2 rings (SSSR count). The van der Waals surface area contributed by atoms with Crippen LogP contribution >= 0.6 is 15.9 Å². The molecule has 0 aliphatic heterocycles. The van der Waals surface area contributed by atoms with Crippen molar-refractivity contribution in [1.29, 1.82) is 0 Å². The van der Waals surface area contributed by atoms with Crippen LogP contribution in [0.1, 0.15) is 44.6 Å². The summed E-state index contributed by atoms with van der Waals surface area (Å²) < 4.78 is 0.851. The van der Waals surface area contributed by atoms with Crippen LogP contribution in [0.5, 0.6) is 0 Å². The molecular weight excluding hydrogens is 330 g/mol. The fourth-order valence-corrected chi connectivity index (χ4v) is 3.81. The number of amidine groups is 1. The van der Waals surface area contributed by atoms with E-state index in [1.807, 2.05) is 18.2 Å². The first-order valence-electron chi connectivity index (χ1n) is 7.57. The van der Waals surface area contributed by atoms with Gasteiger partial charge in [0.05, 0.1) is 5.56 Å². The summed E-state index contributed by atoms with van der Waals surface area (Å²) in [5.41, 5.74) is 7.63. The normalized spacial score (nSPS) is 23.1. The summed E-state index contributed by atoms with van der Waals surface area (Å²) in [4.78, 5) is 2.28. The van der Waals surface area contributed by atoms with Crippen molar-refractivity contribution in [1.82, 2.24) is 0 Å². The van der Waals surface area contributed by atoms with Crippen molar-refractivity contribution in [3.8, 4) is 0 Å². The Hall–Kier alpha value is -1.23. The fraction of sp³-hybridized carbons (Fsp3) is 0.562. The number of anilines is 1. The highest BCUT2D eigenvalue weighted by molar-refractivity contribution is 9.10. The lowest BCUT2D eigenvalue weighted by Crippen LogP contribution is -2.36. The Labute approximate surface area is 135 Å². The molecule has 1 aromatic rings. The van der Waals surface area contributed by atoms with Gasteiger partial charge in [-0.15, -0.1) is 0 Å². The third kappa shape index (κ3) is 3.51. The molecule has 5 heteroatoms. The van der Waals surface area contributed by atoms with Crippen LogP contribution in [0.3, 0.4) is 0 Å². The molecule has 3 N–H and O–H groups in total. The molecule has 0 aromatic heterocycles. The molecule has 0 atom stereocenters. The maximum atomic E-state index is 9.02. The molecule has 116 valence electrons. The number of nitrogens with two attached hydrogens (primary N) is 1. The summed E-state index contributed by atoms with van der Waals surface area (Å²) in [6.07, 6.45) is 6.27. The van der Waals surface area contributed by atoms with E-state index in [-0.39, 0.29) is 5.84 Å². The van der Waals surface area contributed by atoms with Crippen LogP contribution in [0.25, 0.3) is 0 Å². The van der Waals surface area contributed by atoms with Crippen LogP contribution in [0.2, 0.25) is 0 Å². The van der Waals surface area contributed by atoms with Gasteiger partial charge in [0.1, 0.15) is 0 Å². The van der Waals surface area contributed by atoms with Gasteiger partial charge in [-0.25, -0.2) is 0 Å². The van der Waals surface area contributed by atoms with Gasteiger partial charge in [-0.2, -0.15) is 0 Å². The van der Waals surface area contributed by atoms with Crippen molar-refractivity contribution in [3.05, 3.63) is 28.2 Å². The first-order valence-corrected chi connectivity index (χ1v) is 8.37. The monoisotopic (exact) mass is 353 g/mol. The van der Waals surface area contributed by atoms with Crippen molar-refractivity contribution < 1.29 is 5.21 Å². The lowest BCUT2D eigenvalue weighted by atomic mass is 9.84. The smallest absolute Gasteiger partial charge is 0.173 e. The second-order valence-corrected chi connectivity index (χ2v) is 6.67. The van der Waals surface area contributed by atoms with Crippen molar-refractivity contribution >= 4 is 27.5 Å². The Bertz CT molecular complexity index is 510. The number of rotatable bonds is 4. The third-order valence-corrected chi connectivity index (χ3v) is 5.34. The molecule has 0 unspecified atom stereocenters. The van der Waals surface area contributed by atoms with Crippen LogP contribution in [0.15, 0.2) is 27.8 Å². The van der Waals surface area contributed by atoms with Gasteiger partial charge in [0.15, 0.2) is 5.84 Å². The Kier molecular flexibility index (Phi) is 5.51. The number of hydrogen-bond acceptors (Lipinski definition) is 3. The summed E-state index contributed by atoms with van der Waals surface area (Å²) in [6, 6.07) is 6.46. The van der Waals surface area contributed by atoms with E-state index in [4.69, 9.17) is 10.9 Å². The van der Waals surface area contributed by atoms with Gasteiger partial charge in [0.2, 0.25) is 0 Å². The second kappa shape index (κ2) is 7.16. The molecule has 1 aliphatic rings. The Morgan fingerprint density at radius 3 is 2.62 bits per heavy atom. The summed E-state index contributed by atoms with van der Waals surface area (Å²) in [5.74, 6) is 1.02. The zero-order valence-corrected chi connectivity index (χ0v) is 14.3. The summed E-state index contributed by atoms with van der Waals surface area (Å²) in [7, 11) is 2.10. The Balaban J connectivity index is 2.24. The minimum atomic E-state index is 0.145. The summed E-state index contributed by atoms with van der Waals surface area (Å²) in [6.45, 7) is 2.28. The molecule has 0 amide bonds. The van der Waals surface area contributed by atoms with Crippen molar-refractivity contribution in [2.24, 2.45) is 16.8 Å². The first kappa shape index (κ1) is 16.1. The van der Waals surface area contributed by atoms with E-state index in [2.05, 4.69) is 40.0 Å². The Morgan fingerprint density at radius 2 is 2.05 bits per heavy atom. The zero-order chi connectivity index (χ0) is 15.4. The molecule has 0 spiro atoms. The van der Waals surface area contributed by atoms with Gasteiger partial charge in [0.25, 0.3) is 0 Å². The van der Waals surface area contributed by atoms with Crippen molar-refractivity contribution in [2.45, 2.75) is 45.1 Å². The molecule has 1 aromatic carbocycles. The van der Waals surface area contributed by atoms with E-state index < -0.39 is 0 Å². The predicted octanol–water partition coefficient (Wildman–Crippen LogP) is 3.95. The highest BCUT2D eigenvalue weighted by Gasteiger charge is 2.25. The van der Waals surface area contributed by atoms with E-state index in [1.165, 1.54) is 32.1 Å². The van der Waals surface area contributed by atoms with Crippen LogP contribution in [-0.4, -0.2) is 24.1 Å². The first-order chi connectivity index (χ1) is 10.1. The second-order valence-electron chi connectivity index (χ2n) is 5.81. The SMILES string of the molecule is CCC1CCC(N(C)c2cccc(Br)c2/C(N)=N/O)CC1. The molecule has 0 radical (unpaired) electrons. The minimum absolute atomic E-state index is 0.145. The summed E-state index contributed by atoms with van der Waals surface area (Å²) >= 11 is 3.50. The molecule has 1 fully saturated rings. The zero-order valence-electron chi connectivity index (χ0n) is 12.7. The standard InChI is InChI=1S/C16H24BrN3O/c1-3-11-7-9-12(10-8-11)20(2)14-6-4-5-13(17)15(14)16(18)19-21/h4-6,11-12,21H,3,7-10H2,1-2H3,(H2,18,19). The van der Waals surface area contributed by atoms with E-state index >= 15 is 0 Å². The lowest BCUT2D eigenvalue weighted by Gasteiger charge is -2.36. The molecule has 0 heterocycles. The third-order valence-electron chi connectivity index (χ3n) is 4.68. The quantitative estimate of drug-likeness (QED) is 0.373. The van der Waals surface area contributed by atoms with E-state index in [9.17, 15) is 0 Å². The van der Waals surface area contributed by atoms with Crippen LogP contribution in [0.4, 0.5) is 5.69 Å². The summed E-state index contributed by atoms with van der Waals surface area (Å²) in [5, 5.41) is 12.2. The lowest BCUT2D eigenvalue weighted by molar-refractivity contribution is 0.313. The number of hydrogen-bond donors (Lipinski definition) is 2. The van der Waals surface area contributed by atoms with Crippen molar-refractivity contribution in [2.75, 3.05) is 11.9 Å². The van der Waals surface area contributed by atoms with E-state index in [0.717, 1.165) is 21.6 Å². The molecule has 21 heavy (non-hydrogen) atoms. The van der Waals surface area contributed by atoms with E-state index in [0.29, 0.717) is 6.04 Å². The van der Waals surface area contributed by atoms with E-state index in [1.54, 1.807) is 0 Å². The molecule has 1 aliphatic carbocycles. The maximum Gasteiger partial charge on any atom is 0.173 e. The molecule has 1 saturated carbocycles. The Morgan fingerprint density at radius 1 is 1.38 bits per heavy atom. The molecule has 0 saturated heterocycles. The van der Waals surface area contributed by atoms with Crippen LogP contribution in [0, 0.1) is 5.92 Å². The number of nitrogens with zero attached hydrogens (tertiary/aromatic N) is 2. The van der Waals surface area contributed by atoms with Crippen LogP contribution < -0.4 is 10.6 Å². The van der Waals surface area contributed by atoms with Gasteiger partial charge >= 0.3 is 0 Å². The highest BCUT2D eigenvalue weighted by Crippen LogP contribution is 2.34. The van der Waals surface area contributed by atoms with Gasteiger partial charge < -0.3 is 15.8 Å². The molecule has 0 bridgehead atoms. The maximum absolute atomic E-state index is 9.02. The average Bonchev–Trinajstić information content (AvgIpc) is 2.53. The number of benzene rings is 1. The highest BCUT2D eigenvalue weighted by atomic mass is 79.9. The largest absolute Gasteiger partial charge is 0.409 e. The average molecular weight is 354 g/mol. The van der Waals surface area contributed by atoms with Crippen LogP contribution in [-0.2, 0) is 0 Å². The molecule has 4 nitrogen and oxygen atoms in total. The number of oxime groups is 1. The molecular formula is C16H24BrN3O. The number of halogens is 1. The fourth-order valence-electron chi connectivity index (χ4n) is 3.25.